The van der Waals surface area contributed by atoms with E-state index in [1.54, 1.807) is 5.10 Å². The van der Waals surface area contributed by atoms with E-state index in [1.807, 2.05) is 0 Å². The maximum atomic E-state index is 15.0. The summed E-state index contributed by atoms with van der Waals surface area (Å²) in [6.45, 7) is -0.0980. The molecule has 0 aliphatic heterocycles. The normalized spacial score (nSPS) is 12.8. The lowest BCUT2D eigenvalue weighted by Crippen LogP contribution is -2.28. The van der Waals surface area contributed by atoms with Crippen LogP contribution in [-0.4, -0.2) is 30.8 Å². The van der Waals surface area contributed by atoms with Crippen LogP contribution in [0.25, 0.3) is 22.2 Å². The van der Waals surface area contributed by atoms with Crippen LogP contribution in [0, 0.1) is 24.0 Å². The number of nitrogens with one attached hydrogen (secondary N) is 2. The SMILES string of the molecule is C#CC(CCCn1ccc2cc(-c3ncc(C(F)(F)F)cn3)c(F)c(F)c2c1=O)Nc1cn[nH]c(=O)c1C(F)(F)F. The summed E-state index contributed by atoms with van der Waals surface area (Å²) in [5, 5.41) is 6.72. The van der Waals surface area contributed by atoms with Crippen LogP contribution in [0.5, 0.6) is 0 Å². The van der Waals surface area contributed by atoms with E-state index in [1.165, 1.54) is 12.3 Å². The number of fused-ring (bicyclic) bond motifs is 1. The number of nitrogens with zero attached hydrogens (tertiary/aromatic N) is 4. The number of terminal acetylenes is 1. The van der Waals surface area contributed by atoms with Crippen LogP contribution in [0.1, 0.15) is 24.0 Å². The highest BCUT2D eigenvalue weighted by Crippen LogP contribution is 2.32. The summed E-state index contributed by atoms with van der Waals surface area (Å²) < 4.78 is 109. The van der Waals surface area contributed by atoms with Gasteiger partial charge in [-0.3, -0.25) is 9.59 Å². The maximum absolute atomic E-state index is 15.0. The number of hydrogen-bond donors (Lipinski definition) is 2. The molecular weight excluding hydrogens is 568 g/mol. The Balaban J connectivity index is 1.54. The largest absolute Gasteiger partial charge is 0.423 e. The Kier molecular flexibility index (Phi) is 7.82. The van der Waals surface area contributed by atoms with Gasteiger partial charge in [-0.15, -0.1) is 6.42 Å². The van der Waals surface area contributed by atoms with Crippen molar-refractivity contribution >= 4 is 16.5 Å². The predicted octanol–water partition coefficient (Wildman–Crippen LogP) is 4.75. The number of hydrogen-bond acceptors (Lipinski definition) is 6. The monoisotopic (exact) mass is 584 g/mol. The summed E-state index contributed by atoms with van der Waals surface area (Å²) in [5.41, 5.74) is -6.32. The molecule has 3 aromatic heterocycles. The van der Waals surface area contributed by atoms with Gasteiger partial charge in [-0.05, 0) is 30.4 Å². The summed E-state index contributed by atoms with van der Waals surface area (Å²) in [6.07, 6.45) is -1.40. The number of aromatic nitrogens is 5. The van der Waals surface area contributed by atoms with Crippen molar-refractivity contribution in [3.8, 4) is 23.7 Å². The van der Waals surface area contributed by atoms with Gasteiger partial charge in [0, 0.05) is 25.1 Å². The predicted molar refractivity (Wildman–Crippen MR) is 129 cm³/mol. The van der Waals surface area contributed by atoms with Gasteiger partial charge in [0.15, 0.2) is 17.5 Å². The molecule has 16 heteroatoms. The van der Waals surface area contributed by atoms with Gasteiger partial charge >= 0.3 is 12.4 Å². The molecule has 0 spiro atoms. The highest BCUT2D eigenvalue weighted by atomic mass is 19.4. The van der Waals surface area contributed by atoms with Crippen molar-refractivity contribution in [3.63, 3.8) is 0 Å². The lowest BCUT2D eigenvalue weighted by atomic mass is 10.1. The molecule has 0 fully saturated rings. The van der Waals surface area contributed by atoms with Gasteiger partial charge in [0.2, 0.25) is 0 Å². The van der Waals surface area contributed by atoms with Crippen LogP contribution in [0.4, 0.5) is 40.8 Å². The minimum Gasteiger partial charge on any atom is -0.370 e. The standard InChI is InChI=1S/C25H16F8N6O2/c1-2-14(37-16-11-36-38-22(40)18(16)25(31,32)33)4-3-6-39-7-5-12-8-15(19(26)20(27)17(12)23(39)41)21-34-9-13(10-35-21)24(28,29)30/h1,5,7-11,14H,3-4,6H2,(H2,37,38,40). The lowest BCUT2D eigenvalue weighted by Gasteiger charge is -2.18. The molecule has 2 N–H and O–H groups in total. The van der Waals surface area contributed by atoms with E-state index in [9.17, 15) is 44.7 Å². The molecule has 4 rings (SSSR count). The Morgan fingerprint density at radius 3 is 2.32 bits per heavy atom. The molecule has 0 radical (unpaired) electrons. The second-order valence-electron chi connectivity index (χ2n) is 8.62. The molecule has 0 saturated heterocycles. The van der Waals surface area contributed by atoms with E-state index in [0.29, 0.717) is 12.4 Å². The molecule has 0 aliphatic rings. The molecule has 214 valence electrons. The summed E-state index contributed by atoms with van der Waals surface area (Å²) in [4.78, 5) is 31.4. The van der Waals surface area contributed by atoms with Crippen molar-refractivity contribution in [2.45, 2.75) is 37.8 Å². The zero-order valence-corrected chi connectivity index (χ0v) is 20.4. The summed E-state index contributed by atoms with van der Waals surface area (Å²) in [7, 11) is 0. The number of pyridine rings is 1. The average molecular weight is 584 g/mol. The Morgan fingerprint density at radius 1 is 1.02 bits per heavy atom. The number of benzene rings is 1. The topological polar surface area (TPSA) is 106 Å². The number of alkyl halides is 6. The minimum atomic E-state index is -4.99. The fraction of sp³-hybridized carbons (Fsp3) is 0.240. The first kappa shape index (κ1) is 29.2. The van der Waals surface area contributed by atoms with E-state index < -0.39 is 74.7 Å². The first-order valence-corrected chi connectivity index (χ1v) is 11.5. The molecule has 0 saturated carbocycles. The molecule has 0 bridgehead atoms. The third-order valence-corrected chi connectivity index (χ3v) is 5.93. The lowest BCUT2D eigenvalue weighted by molar-refractivity contribution is -0.139. The van der Waals surface area contributed by atoms with Gasteiger partial charge in [0.25, 0.3) is 11.1 Å². The molecule has 4 aromatic rings. The molecule has 3 heterocycles. The molecule has 8 nitrogen and oxygen atoms in total. The highest BCUT2D eigenvalue weighted by Gasteiger charge is 2.37. The third kappa shape index (κ3) is 6.03. The summed E-state index contributed by atoms with van der Waals surface area (Å²) in [6, 6.07) is 1.27. The van der Waals surface area contributed by atoms with Crippen molar-refractivity contribution in [2.24, 2.45) is 0 Å². The molecular formula is C25H16F8N6O2. The van der Waals surface area contributed by atoms with Crippen molar-refractivity contribution in [1.82, 2.24) is 24.7 Å². The van der Waals surface area contributed by atoms with Gasteiger partial charge in [-0.2, -0.15) is 31.4 Å². The Morgan fingerprint density at radius 2 is 1.71 bits per heavy atom. The van der Waals surface area contributed by atoms with E-state index in [0.717, 1.165) is 16.8 Å². The number of aromatic amines is 1. The number of anilines is 1. The van der Waals surface area contributed by atoms with E-state index in [-0.39, 0.29) is 24.8 Å². The third-order valence-electron chi connectivity index (χ3n) is 5.93. The van der Waals surface area contributed by atoms with Crippen molar-refractivity contribution < 1.29 is 35.1 Å². The highest BCUT2D eigenvalue weighted by molar-refractivity contribution is 5.86. The van der Waals surface area contributed by atoms with Crippen LogP contribution in [0.15, 0.2) is 46.5 Å². The molecule has 41 heavy (non-hydrogen) atoms. The van der Waals surface area contributed by atoms with Crippen molar-refractivity contribution in [2.75, 3.05) is 5.32 Å². The molecule has 0 amide bonds. The van der Waals surface area contributed by atoms with Gasteiger partial charge in [0.1, 0.15) is 5.56 Å². The summed E-state index contributed by atoms with van der Waals surface area (Å²) in [5.74, 6) is -1.40. The van der Waals surface area contributed by atoms with E-state index in [2.05, 4.69) is 26.3 Å². The first-order valence-electron chi connectivity index (χ1n) is 11.5. The fourth-order valence-electron chi connectivity index (χ4n) is 3.97. The quantitative estimate of drug-likeness (QED) is 0.240. The molecule has 0 aliphatic carbocycles. The number of halogens is 8. The van der Waals surface area contributed by atoms with Gasteiger partial charge < -0.3 is 9.88 Å². The van der Waals surface area contributed by atoms with Gasteiger partial charge in [-0.1, -0.05) is 5.92 Å². The van der Waals surface area contributed by atoms with E-state index >= 15 is 0 Å². The maximum Gasteiger partial charge on any atom is 0.423 e. The Hall–Kier alpha value is -4.81. The van der Waals surface area contributed by atoms with Crippen LogP contribution in [0.3, 0.4) is 0 Å². The van der Waals surface area contributed by atoms with Gasteiger partial charge in [-0.25, -0.2) is 23.8 Å². The minimum absolute atomic E-state index is 0.00607. The zero-order valence-electron chi connectivity index (χ0n) is 20.4. The van der Waals surface area contributed by atoms with Crippen LogP contribution in [-0.2, 0) is 18.9 Å². The van der Waals surface area contributed by atoms with Crippen LogP contribution >= 0.6 is 0 Å². The van der Waals surface area contributed by atoms with Crippen LogP contribution < -0.4 is 16.4 Å². The number of aryl methyl sites for hydroxylation is 1. The zero-order chi connectivity index (χ0) is 30.1. The van der Waals surface area contributed by atoms with Gasteiger partial charge in [0.05, 0.1) is 34.4 Å². The average Bonchev–Trinajstić information content (AvgIpc) is 2.90. The second-order valence-corrected chi connectivity index (χ2v) is 8.62. The number of H-pyrrole nitrogens is 1. The fourth-order valence-corrected chi connectivity index (χ4v) is 3.97. The Labute approximate surface area is 224 Å². The van der Waals surface area contributed by atoms with Crippen LogP contribution in [0.2, 0.25) is 0 Å². The summed E-state index contributed by atoms with van der Waals surface area (Å²) >= 11 is 0. The van der Waals surface area contributed by atoms with E-state index in [4.69, 9.17) is 6.42 Å². The first-order chi connectivity index (χ1) is 19.2. The molecule has 1 aromatic carbocycles. The van der Waals surface area contributed by atoms with Crippen molar-refractivity contribution in [3.05, 3.63) is 80.4 Å². The van der Waals surface area contributed by atoms with Crippen molar-refractivity contribution in [1.29, 1.82) is 0 Å². The Bertz CT molecular complexity index is 1750. The second kappa shape index (κ2) is 11.0. The molecule has 1 unspecified atom stereocenters. The smallest absolute Gasteiger partial charge is 0.370 e. The molecule has 1 atom stereocenters. The number of rotatable bonds is 7.